The number of nitrogens with zero attached hydrogens (tertiary/aromatic N) is 2. The molecule has 0 fully saturated rings. The van der Waals surface area contributed by atoms with Gasteiger partial charge in [-0.1, -0.05) is 36.4 Å². The van der Waals surface area contributed by atoms with Crippen molar-refractivity contribution in [2.45, 2.75) is 19.3 Å². The second kappa shape index (κ2) is 11.9. The summed E-state index contributed by atoms with van der Waals surface area (Å²) in [6, 6.07) is 23.6. The molecule has 5 rings (SSSR count). The van der Waals surface area contributed by atoms with E-state index < -0.39 is 0 Å². The van der Waals surface area contributed by atoms with Crippen LogP contribution in [-0.4, -0.2) is 47.2 Å². The number of pyridine rings is 2. The highest BCUT2D eigenvalue weighted by molar-refractivity contribution is 6.17. The van der Waals surface area contributed by atoms with Crippen molar-refractivity contribution in [3.05, 3.63) is 107 Å². The maximum absolute atomic E-state index is 13.1. The first-order valence-corrected chi connectivity index (χ1v) is 13.3. The van der Waals surface area contributed by atoms with E-state index in [1.807, 2.05) is 74.8 Å². The summed E-state index contributed by atoms with van der Waals surface area (Å²) in [6.45, 7) is 0.912. The molecule has 0 atom stereocenters. The molecule has 0 aliphatic carbocycles. The minimum atomic E-state index is -0.331. The van der Waals surface area contributed by atoms with E-state index in [1.54, 1.807) is 24.4 Å². The minimum absolute atomic E-state index is 0.0410. The fraction of sp³-hybridized carbons (Fsp3) is 0.188. The maximum atomic E-state index is 13.1. The number of hydrogen-bond donors (Lipinski definition) is 3. The third-order valence-electron chi connectivity index (χ3n) is 6.76. The number of benzene rings is 3. The number of nitrogens with one attached hydrogen (secondary N) is 3. The number of rotatable bonds is 10. The Hall–Kier alpha value is -4.82. The van der Waals surface area contributed by atoms with Gasteiger partial charge in [0.2, 0.25) is 0 Å². The van der Waals surface area contributed by atoms with E-state index in [4.69, 9.17) is 0 Å². The Bertz CT molecular complexity index is 1730. The first kappa shape index (κ1) is 26.8. The van der Waals surface area contributed by atoms with Crippen molar-refractivity contribution in [2.24, 2.45) is 0 Å². The van der Waals surface area contributed by atoms with Gasteiger partial charge >= 0.3 is 0 Å². The topological polar surface area (TPSA) is 107 Å². The van der Waals surface area contributed by atoms with Gasteiger partial charge < -0.3 is 20.5 Å². The zero-order valence-electron chi connectivity index (χ0n) is 22.5. The summed E-state index contributed by atoms with van der Waals surface area (Å²) in [5, 5.41) is 8.07. The number of ketones is 1. The number of aromatic amines is 1. The zero-order chi connectivity index (χ0) is 28.1. The Kier molecular flexibility index (Phi) is 7.98. The molecular formula is C32H31N5O3. The van der Waals surface area contributed by atoms with Crippen LogP contribution in [0.5, 0.6) is 0 Å². The summed E-state index contributed by atoms with van der Waals surface area (Å²) in [5.74, 6) is -0.222. The number of Topliss-reactive ketones (excluding diaryl/α,β-unsaturated/α-hetero) is 1. The molecule has 0 saturated heterocycles. The highest BCUT2D eigenvalue weighted by atomic mass is 16.2. The van der Waals surface area contributed by atoms with Gasteiger partial charge in [-0.15, -0.1) is 0 Å². The molecule has 3 N–H and O–H groups in total. The van der Waals surface area contributed by atoms with Gasteiger partial charge in [0.25, 0.3) is 11.5 Å². The van der Waals surface area contributed by atoms with Gasteiger partial charge in [0, 0.05) is 45.9 Å². The molecular weight excluding hydrogens is 502 g/mol. The Morgan fingerprint density at radius 1 is 0.850 bits per heavy atom. The molecule has 0 bridgehead atoms. The largest absolute Gasteiger partial charge is 0.355 e. The van der Waals surface area contributed by atoms with Crippen LogP contribution in [0.2, 0.25) is 0 Å². The fourth-order valence-corrected chi connectivity index (χ4v) is 4.77. The normalized spacial score (nSPS) is 11.2. The molecule has 5 aromatic rings. The fourth-order valence-electron chi connectivity index (χ4n) is 4.77. The number of hydrogen-bond acceptors (Lipinski definition) is 6. The molecule has 0 aliphatic rings. The Morgan fingerprint density at radius 3 is 2.35 bits per heavy atom. The molecule has 202 valence electrons. The van der Waals surface area contributed by atoms with E-state index in [0.29, 0.717) is 39.7 Å². The van der Waals surface area contributed by atoms with Crippen LogP contribution < -0.4 is 16.2 Å². The van der Waals surface area contributed by atoms with Crippen LogP contribution in [-0.2, 0) is 0 Å². The number of amides is 1. The van der Waals surface area contributed by atoms with Crippen molar-refractivity contribution in [1.29, 1.82) is 0 Å². The van der Waals surface area contributed by atoms with Crippen LogP contribution in [0.3, 0.4) is 0 Å². The Labute approximate surface area is 232 Å². The number of carbonyl (C=O) groups is 2. The molecule has 1 amide bonds. The van der Waals surface area contributed by atoms with Crippen LogP contribution >= 0.6 is 0 Å². The summed E-state index contributed by atoms with van der Waals surface area (Å²) >= 11 is 0. The SMILES string of the molecule is CN(C)CCCCC(=O)c1cccc2c1c(=O)[nH]c1nccc(Nc3ccc(NC(=O)c4ccccc4)cc3)c12. The van der Waals surface area contributed by atoms with Crippen LogP contribution in [0.15, 0.2) is 89.9 Å². The number of unbranched alkanes of at least 4 members (excludes halogenated alkanes) is 1. The van der Waals surface area contributed by atoms with Gasteiger partial charge in [-0.2, -0.15) is 0 Å². The third-order valence-corrected chi connectivity index (χ3v) is 6.76. The van der Waals surface area contributed by atoms with E-state index in [2.05, 4.69) is 25.5 Å². The Balaban J connectivity index is 1.42. The predicted octanol–water partition coefficient (Wildman–Crippen LogP) is 5.99. The smallest absolute Gasteiger partial charge is 0.258 e. The summed E-state index contributed by atoms with van der Waals surface area (Å²) in [4.78, 5) is 48.1. The number of H-pyrrole nitrogens is 1. The van der Waals surface area contributed by atoms with Gasteiger partial charge in [-0.05, 0) is 75.9 Å². The molecule has 8 nitrogen and oxygen atoms in total. The number of anilines is 3. The molecule has 0 aliphatic heterocycles. The monoisotopic (exact) mass is 533 g/mol. The van der Waals surface area contributed by atoms with E-state index in [9.17, 15) is 14.4 Å². The lowest BCUT2D eigenvalue weighted by atomic mass is 9.97. The zero-order valence-corrected chi connectivity index (χ0v) is 22.5. The van der Waals surface area contributed by atoms with Crippen molar-refractivity contribution < 1.29 is 9.59 Å². The van der Waals surface area contributed by atoms with Crippen LogP contribution in [0.4, 0.5) is 17.1 Å². The Morgan fingerprint density at radius 2 is 1.60 bits per heavy atom. The molecule has 2 aromatic heterocycles. The highest BCUT2D eigenvalue weighted by Crippen LogP contribution is 2.31. The minimum Gasteiger partial charge on any atom is -0.355 e. The van der Waals surface area contributed by atoms with E-state index >= 15 is 0 Å². The molecule has 2 heterocycles. The molecule has 40 heavy (non-hydrogen) atoms. The highest BCUT2D eigenvalue weighted by Gasteiger charge is 2.17. The molecule has 0 saturated carbocycles. The van der Waals surface area contributed by atoms with Crippen molar-refractivity contribution in [3.8, 4) is 0 Å². The maximum Gasteiger partial charge on any atom is 0.258 e. The molecule has 3 aromatic carbocycles. The molecule has 8 heteroatoms. The summed E-state index contributed by atoms with van der Waals surface area (Å²) in [6.07, 6.45) is 3.68. The molecule has 0 radical (unpaired) electrons. The lowest BCUT2D eigenvalue weighted by Gasteiger charge is -2.13. The van der Waals surface area contributed by atoms with Gasteiger partial charge in [0.05, 0.1) is 11.1 Å². The van der Waals surface area contributed by atoms with E-state index in [1.165, 1.54) is 0 Å². The lowest BCUT2D eigenvalue weighted by molar-refractivity contribution is 0.0978. The van der Waals surface area contributed by atoms with Crippen molar-refractivity contribution >= 4 is 50.6 Å². The second-order valence-corrected chi connectivity index (χ2v) is 9.97. The molecule has 0 unspecified atom stereocenters. The first-order chi connectivity index (χ1) is 19.4. The average Bonchev–Trinajstić information content (AvgIpc) is 2.96. The van der Waals surface area contributed by atoms with Crippen LogP contribution in [0.25, 0.3) is 21.8 Å². The van der Waals surface area contributed by atoms with Crippen LogP contribution in [0.1, 0.15) is 40.0 Å². The summed E-state index contributed by atoms with van der Waals surface area (Å²) < 4.78 is 0. The van der Waals surface area contributed by atoms with Crippen LogP contribution in [0, 0.1) is 0 Å². The average molecular weight is 534 g/mol. The summed E-state index contributed by atoms with van der Waals surface area (Å²) in [7, 11) is 4.02. The van der Waals surface area contributed by atoms with Crippen molar-refractivity contribution in [1.82, 2.24) is 14.9 Å². The predicted molar refractivity (Wildman–Crippen MR) is 161 cm³/mol. The second-order valence-electron chi connectivity index (χ2n) is 9.97. The van der Waals surface area contributed by atoms with Gasteiger partial charge in [0.1, 0.15) is 5.65 Å². The van der Waals surface area contributed by atoms with Crippen molar-refractivity contribution in [3.63, 3.8) is 0 Å². The summed E-state index contributed by atoms with van der Waals surface area (Å²) in [5.41, 5.74) is 3.31. The van der Waals surface area contributed by atoms with E-state index in [-0.39, 0.29) is 17.2 Å². The first-order valence-electron chi connectivity index (χ1n) is 13.3. The third kappa shape index (κ3) is 5.92. The van der Waals surface area contributed by atoms with Gasteiger partial charge in [-0.25, -0.2) is 4.98 Å². The van der Waals surface area contributed by atoms with Crippen molar-refractivity contribution in [2.75, 3.05) is 31.3 Å². The quantitative estimate of drug-likeness (QED) is 0.116. The number of carbonyl (C=O) groups excluding carboxylic acids is 2. The van der Waals surface area contributed by atoms with Gasteiger partial charge in [0.15, 0.2) is 5.78 Å². The number of fused-ring (bicyclic) bond motifs is 3. The molecule has 0 spiro atoms. The van der Waals surface area contributed by atoms with Gasteiger partial charge in [-0.3, -0.25) is 14.4 Å². The lowest BCUT2D eigenvalue weighted by Crippen LogP contribution is -2.14. The number of aromatic nitrogens is 2. The van der Waals surface area contributed by atoms with E-state index in [0.717, 1.165) is 36.1 Å². The standard InChI is InChI=1S/C32H31N5O3/c1-37(2)20-7-6-13-27(38)24-11-8-12-25-28(24)32(40)36-30-29(25)26(18-19-33-30)34-22-14-16-23(17-15-22)35-31(39)21-9-4-3-5-10-21/h3-5,8-12,14-19H,6-7,13,20H2,1-2H3,(H,35,39)(H2,33,34,36,40).